The van der Waals surface area contributed by atoms with Gasteiger partial charge in [-0.15, -0.1) is 0 Å². The molecule has 2 aromatic rings. The molecule has 0 fully saturated rings. The number of hydrogen-bond acceptors (Lipinski definition) is 3. The molecule has 0 aromatic carbocycles. The summed E-state index contributed by atoms with van der Waals surface area (Å²) in [6.45, 7) is 1.90. The number of nitrogens with one attached hydrogen (secondary N) is 1. The normalized spacial score (nSPS) is 12.6. The SMILES string of the molecule is C[C@H](O)CNC(=O)Cc1cn2ccccc2n1. The van der Waals surface area contributed by atoms with E-state index in [2.05, 4.69) is 10.3 Å². The topological polar surface area (TPSA) is 66.6 Å². The fourth-order valence-electron chi connectivity index (χ4n) is 1.56. The van der Waals surface area contributed by atoms with Crippen LogP contribution in [0.5, 0.6) is 0 Å². The lowest BCUT2D eigenvalue weighted by molar-refractivity contribution is -0.120. The van der Waals surface area contributed by atoms with Gasteiger partial charge in [-0.05, 0) is 19.1 Å². The van der Waals surface area contributed by atoms with E-state index in [1.807, 2.05) is 35.0 Å². The van der Waals surface area contributed by atoms with Crippen molar-refractivity contribution in [2.75, 3.05) is 6.54 Å². The summed E-state index contributed by atoms with van der Waals surface area (Å²) in [6.07, 6.45) is 3.42. The smallest absolute Gasteiger partial charge is 0.226 e. The molecule has 0 bridgehead atoms. The largest absolute Gasteiger partial charge is 0.392 e. The molecule has 1 atom stereocenters. The van der Waals surface area contributed by atoms with E-state index in [1.165, 1.54) is 0 Å². The van der Waals surface area contributed by atoms with Crippen molar-refractivity contribution in [1.29, 1.82) is 0 Å². The molecule has 0 unspecified atom stereocenters. The Hall–Kier alpha value is -1.88. The molecule has 0 aliphatic rings. The summed E-state index contributed by atoms with van der Waals surface area (Å²) in [4.78, 5) is 15.8. The van der Waals surface area contributed by atoms with E-state index in [-0.39, 0.29) is 18.9 Å². The predicted octanol–water partition coefficient (Wildman–Crippen LogP) is 0.374. The average Bonchev–Trinajstić information content (AvgIpc) is 2.68. The van der Waals surface area contributed by atoms with Crippen LogP contribution < -0.4 is 5.32 Å². The molecule has 17 heavy (non-hydrogen) atoms. The molecule has 0 aliphatic carbocycles. The van der Waals surface area contributed by atoms with Crippen LogP contribution in [-0.2, 0) is 11.2 Å². The van der Waals surface area contributed by atoms with Crippen LogP contribution in [0, 0.1) is 0 Å². The minimum Gasteiger partial charge on any atom is -0.392 e. The molecule has 0 radical (unpaired) electrons. The van der Waals surface area contributed by atoms with Crippen LogP contribution in [0.3, 0.4) is 0 Å². The number of carbonyl (C=O) groups is 1. The number of pyridine rings is 1. The number of rotatable bonds is 4. The van der Waals surface area contributed by atoms with Gasteiger partial charge in [-0.2, -0.15) is 0 Å². The first kappa shape index (κ1) is 11.6. The molecule has 0 aliphatic heterocycles. The highest BCUT2D eigenvalue weighted by atomic mass is 16.3. The molecule has 0 saturated heterocycles. The van der Waals surface area contributed by atoms with E-state index in [0.29, 0.717) is 0 Å². The summed E-state index contributed by atoms with van der Waals surface area (Å²) in [5.41, 5.74) is 1.55. The van der Waals surface area contributed by atoms with Gasteiger partial charge in [-0.25, -0.2) is 4.98 Å². The first-order chi connectivity index (χ1) is 8.15. The standard InChI is InChI=1S/C12H15N3O2/c1-9(16)7-13-12(17)6-10-8-15-5-3-2-4-11(15)14-10/h2-5,8-9,16H,6-7H2,1H3,(H,13,17)/t9-/m0/s1. The first-order valence-electron chi connectivity index (χ1n) is 5.52. The van der Waals surface area contributed by atoms with Gasteiger partial charge in [0.2, 0.25) is 5.91 Å². The summed E-state index contributed by atoms with van der Waals surface area (Å²) >= 11 is 0. The third kappa shape index (κ3) is 3.04. The Balaban J connectivity index is 2.01. The number of hydrogen-bond donors (Lipinski definition) is 2. The number of imidazole rings is 1. The van der Waals surface area contributed by atoms with E-state index in [9.17, 15) is 4.79 Å². The zero-order valence-electron chi connectivity index (χ0n) is 9.63. The van der Waals surface area contributed by atoms with Crippen molar-refractivity contribution < 1.29 is 9.90 Å². The molecular formula is C12H15N3O2. The van der Waals surface area contributed by atoms with Gasteiger partial charge in [0.05, 0.1) is 18.2 Å². The lowest BCUT2D eigenvalue weighted by atomic mass is 10.3. The second-order valence-corrected chi connectivity index (χ2v) is 4.03. The van der Waals surface area contributed by atoms with Crippen molar-refractivity contribution in [1.82, 2.24) is 14.7 Å². The molecule has 2 N–H and O–H groups in total. The van der Waals surface area contributed by atoms with Gasteiger partial charge in [0.25, 0.3) is 0 Å². The molecular weight excluding hydrogens is 218 g/mol. The van der Waals surface area contributed by atoms with Gasteiger partial charge < -0.3 is 14.8 Å². The number of aromatic nitrogens is 2. The third-order valence-corrected chi connectivity index (χ3v) is 2.35. The number of nitrogens with zero attached hydrogens (tertiary/aromatic N) is 2. The number of carbonyl (C=O) groups excluding carboxylic acids is 1. The lowest BCUT2D eigenvalue weighted by Crippen LogP contribution is -2.31. The highest BCUT2D eigenvalue weighted by molar-refractivity contribution is 5.78. The maximum atomic E-state index is 11.5. The Labute approximate surface area is 99.1 Å². The van der Waals surface area contributed by atoms with Crippen molar-refractivity contribution in [3.8, 4) is 0 Å². The second-order valence-electron chi connectivity index (χ2n) is 4.03. The Morgan fingerprint density at radius 2 is 2.41 bits per heavy atom. The molecule has 5 heteroatoms. The Morgan fingerprint density at radius 3 is 3.12 bits per heavy atom. The van der Waals surface area contributed by atoms with Crippen LogP contribution in [0.25, 0.3) is 5.65 Å². The fourth-order valence-corrected chi connectivity index (χ4v) is 1.56. The van der Waals surface area contributed by atoms with Crippen molar-refractivity contribution in [3.05, 3.63) is 36.3 Å². The van der Waals surface area contributed by atoms with Gasteiger partial charge in [0.15, 0.2) is 0 Å². The number of aliphatic hydroxyl groups is 1. The van der Waals surface area contributed by atoms with Crippen molar-refractivity contribution in [3.63, 3.8) is 0 Å². The second kappa shape index (κ2) is 4.97. The van der Waals surface area contributed by atoms with E-state index >= 15 is 0 Å². The highest BCUT2D eigenvalue weighted by Gasteiger charge is 2.07. The van der Waals surface area contributed by atoms with Crippen LogP contribution in [0.4, 0.5) is 0 Å². The number of aliphatic hydroxyl groups excluding tert-OH is 1. The minimum absolute atomic E-state index is 0.130. The summed E-state index contributed by atoms with van der Waals surface area (Å²) < 4.78 is 1.87. The van der Waals surface area contributed by atoms with Gasteiger partial charge in [-0.1, -0.05) is 6.07 Å². The van der Waals surface area contributed by atoms with Crippen LogP contribution in [-0.4, -0.2) is 33.0 Å². The van der Waals surface area contributed by atoms with Crippen LogP contribution in [0.2, 0.25) is 0 Å². The molecule has 1 amide bonds. The van der Waals surface area contributed by atoms with Crippen molar-refractivity contribution in [2.24, 2.45) is 0 Å². The van der Waals surface area contributed by atoms with Gasteiger partial charge >= 0.3 is 0 Å². The average molecular weight is 233 g/mol. The number of amides is 1. The molecule has 2 aromatic heterocycles. The maximum Gasteiger partial charge on any atom is 0.226 e. The van der Waals surface area contributed by atoms with Crippen LogP contribution in [0.15, 0.2) is 30.6 Å². The third-order valence-electron chi connectivity index (χ3n) is 2.35. The van der Waals surface area contributed by atoms with Crippen molar-refractivity contribution in [2.45, 2.75) is 19.4 Å². The summed E-state index contributed by atoms with van der Waals surface area (Å²) in [5.74, 6) is -0.130. The summed E-state index contributed by atoms with van der Waals surface area (Å²) in [6, 6.07) is 5.70. The number of fused-ring (bicyclic) bond motifs is 1. The summed E-state index contributed by atoms with van der Waals surface area (Å²) in [5, 5.41) is 11.7. The minimum atomic E-state index is -0.528. The zero-order chi connectivity index (χ0) is 12.3. The Kier molecular flexibility index (Phi) is 3.39. The van der Waals surface area contributed by atoms with Crippen molar-refractivity contribution >= 4 is 11.6 Å². The monoisotopic (exact) mass is 233 g/mol. The highest BCUT2D eigenvalue weighted by Crippen LogP contribution is 2.04. The molecule has 90 valence electrons. The van der Waals surface area contributed by atoms with Gasteiger partial charge in [0, 0.05) is 18.9 Å². The molecule has 0 spiro atoms. The predicted molar refractivity (Wildman–Crippen MR) is 63.6 cm³/mol. The molecule has 5 nitrogen and oxygen atoms in total. The zero-order valence-corrected chi connectivity index (χ0v) is 9.63. The quantitative estimate of drug-likeness (QED) is 0.802. The molecule has 0 saturated carbocycles. The van der Waals surface area contributed by atoms with Gasteiger partial charge in [-0.3, -0.25) is 4.79 Å². The van der Waals surface area contributed by atoms with E-state index in [1.54, 1.807) is 6.92 Å². The van der Waals surface area contributed by atoms with E-state index in [0.717, 1.165) is 11.3 Å². The maximum absolute atomic E-state index is 11.5. The Morgan fingerprint density at radius 1 is 1.59 bits per heavy atom. The lowest BCUT2D eigenvalue weighted by Gasteiger charge is -2.05. The van der Waals surface area contributed by atoms with Crippen LogP contribution >= 0.6 is 0 Å². The van der Waals surface area contributed by atoms with E-state index in [4.69, 9.17) is 5.11 Å². The first-order valence-corrected chi connectivity index (χ1v) is 5.52. The summed E-state index contributed by atoms with van der Waals surface area (Å²) in [7, 11) is 0. The molecule has 2 rings (SSSR count). The van der Waals surface area contributed by atoms with Crippen LogP contribution in [0.1, 0.15) is 12.6 Å². The Bertz CT molecular complexity index is 486. The van der Waals surface area contributed by atoms with Gasteiger partial charge in [0.1, 0.15) is 5.65 Å². The molecule has 2 heterocycles. The van der Waals surface area contributed by atoms with E-state index < -0.39 is 6.10 Å². The fraction of sp³-hybridized carbons (Fsp3) is 0.333.